The minimum atomic E-state index is -1.74. The highest BCUT2D eigenvalue weighted by Crippen LogP contribution is 2.38. The molecule has 0 aliphatic carbocycles. The molecule has 0 bridgehead atoms. The summed E-state index contributed by atoms with van der Waals surface area (Å²) in [6.07, 6.45) is -1.06. The molecule has 0 N–H and O–H groups in total. The van der Waals surface area contributed by atoms with E-state index in [1.807, 2.05) is 0 Å². The van der Waals surface area contributed by atoms with Crippen LogP contribution < -0.4 is 4.74 Å². The van der Waals surface area contributed by atoms with Crippen LogP contribution in [0.1, 0.15) is 11.1 Å². The lowest BCUT2D eigenvalue weighted by Crippen LogP contribution is -2.20. The fourth-order valence-corrected chi connectivity index (χ4v) is 2.61. The third-order valence-electron chi connectivity index (χ3n) is 2.14. The van der Waals surface area contributed by atoms with Gasteiger partial charge in [0, 0.05) is 22.5 Å². The van der Waals surface area contributed by atoms with Crippen molar-refractivity contribution in [1.82, 2.24) is 0 Å². The molecule has 0 aliphatic rings. The van der Waals surface area contributed by atoms with Crippen LogP contribution in [0.5, 0.6) is 5.75 Å². The Morgan fingerprint density at radius 1 is 1.23 bits per heavy atom. The fraction of sp³-hybridized carbons (Fsp3) is 0.417. The first-order valence-electron chi connectivity index (χ1n) is 5.57. The minimum Gasteiger partial charge on any atom is -0.429 e. The van der Waals surface area contributed by atoms with Crippen molar-refractivity contribution < 1.29 is 14.3 Å². The predicted molar refractivity (Wildman–Crippen MR) is 94.0 cm³/mol. The summed E-state index contributed by atoms with van der Waals surface area (Å²) in [6, 6.07) is 4.53. The Labute approximate surface area is 166 Å². The number of ether oxygens (including phenoxy) is 2. The lowest BCUT2D eigenvalue weighted by molar-refractivity contribution is 0.100. The first-order valence-corrected chi connectivity index (χ1v) is 8.63. The van der Waals surface area contributed by atoms with Gasteiger partial charge in [0.1, 0.15) is 12.4 Å². The molecule has 3 nitrogen and oxygen atoms in total. The number of carbonyl (C=O) groups is 1. The molecular weight excluding hydrogens is 485 g/mol. The van der Waals surface area contributed by atoms with Crippen molar-refractivity contribution in [2.24, 2.45) is 0 Å². The molecule has 22 heavy (non-hydrogen) atoms. The summed E-state index contributed by atoms with van der Waals surface area (Å²) >= 11 is 37.1. The summed E-state index contributed by atoms with van der Waals surface area (Å²) in [7, 11) is 0. The van der Waals surface area contributed by atoms with Crippen molar-refractivity contribution in [3.05, 3.63) is 27.7 Å². The van der Waals surface area contributed by atoms with E-state index >= 15 is 0 Å². The molecule has 0 aromatic heterocycles. The van der Waals surface area contributed by atoms with E-state index in [1.54, 1.807) is 13.0 Å². The summed E-state index contributed by atoms with van der Waals surface area (Å²) in [5.74, 6) is 0.156. The molecule has 1 radical (unpaired) electrons. The maximum absolute atomic E-state index is 11.7. The number of aryl methyl sites for hydroxylation is 1. The molecule has 0 heterocycles. The molecule has 1 aromatic rings. The van der Waals surface area contributed by atoms with Crippen LogP contribution in [0, 0.1) is 13.0 Å². The van der Waals surface area contributed by atoms with Crippen molar-refractivity contribution in [2.75, 3.05) is 6.61 Å². The van der Waals surface area contributed by atoms with Crippen LogP contribution in [0.4, 0.5) is 4.79 Å². The van der Waals surface area contributed by atoms with Gasteiger partial charge in [0.25, 0.3) is 0 Å². The van der Waals surface area contributed by atoms with Crippen molar-refractivity contribution >= 4 is 91.7 Å². The lowest BCUT2D eigenvalue weighted by atomic mass is 10.1. The third-order valence-corrected chi connectivity index (χ3v) is 3.55. The molecule has 1 aromatic carbocycles. The van der Waals surface area contributed by atoms with Crippen molar-refractivity contribution in [3.63, 3.8) is 0 Å². The molecule has 0 fully saturated rings. The average molecular weight is 493 g/mol. The average Bonchev–Trinajstić information content (AvgIpc) is 2.29. The van der Waals surface area contributed by atoms with Gasteiger partial charge in [-0.25, -0.2) is 4.79 Å². The zero-order chi connectivity index (χ0) is 17.1. The normalized spacial score (nSPS) is 12.2. The Kier molecular flexibility index (Phi) is 7.73. The Bertz CT molecular complexity index is 553. The van der Waals surface area contributed by atoms with Crippen molar-refractivity contribution in [1.29, 1.82) is 0 Å². The van der Waals surface area contributed by atoms with E-state index in [4.69, 9.17) is 79.1 Å². The second-order valence-corrected chi connectivity index (χ2v) is 9.98. The molecule has 0 atom stereocenters. The zero-order valence-corrected chi connectivity index (χ0v) is 17.0. The van der Waals surface area contributed by atoms with E-state index in [1.165, 1.54) is 0 Å². The standard InChI is InChI=1S/C12H8BrCl6O3/c1-6-2-8(13)7(4-11(14,15)16)9(3-6)22-10(20)21-5-12(17,18)19/h3H,4-5H2,1H3. The van der Waals surface area contributed by atoms with Gasteiger partial charge in [-0.05, 0) is 34.5 Å². The summed E-state index contributed by atoms with van der Waals surface area (Å²) in [5, 5.41) is 0. The maximum atomic E-state index is 11.7. The van der Waals surface area contributed by atoms with Gasteiger partial charge in [-0.1, -0.05) is 69.6 Å². The van der Waals surface area contributed by atoms with Gasteiger partial charge in [-0.15, -0.1) is 0 Å². The van der Waals surface area contributed by atoms with E-state index < -0.39 is 20.3 Å². The number of alkyl halides is 6. The van der Waals surface area contributed by atoms with Gasteiger partial charge < -0.3 is 9.47 Å². The fourth-order valence-electron chi connectivity index (χ4n) is 1.39. The summed E-state index contributed by atoms with van der Waals surface area (Å²) < 4.78 is 6.97. The van der Waals surface area contributed by atoms with Gasteiger partial charge in [0.05, 0.1) is 0 Å². The van der Waals surface area contributed by atoms with Crippen LogP contribution in [0.3, 0.4) is 0 Å². The molecule has 1 rings (SSSR count). The van der Waals surface area contributed by atoms with E-state index in [-0.39, 0.29) is 12.2 Å². The molecule has 123 valence electrons. The zero-order valence-electron chi connectivity index (χ0n) is 10.9. The molecule has 0 spiro atoms. The second-order valence-electron chi connectivity index (χ2n) is 4.16. The minimum absolute atomic E-state index is 0.0118. The van der Waals surface area contributed by atoms with Gasteiger partial charge in [0.15, 0.2) is 3.79 Å². The number of hydrogen-bond donors (Lipinski definition) is 0. The monoisotopic (exact) mass is 489 g/mol. The number of benzene rings is 1. The van der Waals surface area contributed by atoms with Crippen molar-refractivity contribution in [3.8, 4) is 5.75 Å². The molecule has 0 amide bonds. The smallest absolute Gasteiger partial charge is 0.429 e. The molecule has 0 unspecified atom stereocenters. The maximum Gasteiger partial charge on any atom is 0.514 e. The van der Waals surface area contributed by atoms with Crippen LogP contribution in [0.2, 0.25) is 0 Å². The largest absolute Gasteiger partial charge is 0.514 e. The highest BCUT2D eigenvalue weighted by Gasteiger charge is 2.27. The molecule has 0 aliphatic heterocycles. The second kappa shape index (κ2) is 8.19. The topological polar surface area (TPSA) is 35.5 Å². The number of halogens is 7. The molecule has 10 heteroatoms. The SMILES string of the molecule is Cc1[c]c(Br)c(CC(Cl)(Cl)Cl)c(OC(=O)OCC(Cl)(Cl)Cl)c1. The Hall–Kier alpha value is 0.710. The highest BCUT2D eigenvalue weighted by atomic mass is 79.9. The molecular formula is C12H8BrCl6O3. The third kappa shape index (κ3) is 8.00. The first-order chi connectivity index (χ1) is 9.87. The van der Waals surface area contributed by atoms with Crippen LogP contribution in [0.25, 0.3) is 0 Å². The predicted octanol–water partition coefficient (Wildman–Crippen LogP) is 6.36. The summed E-state index contributed by atoms with van der Waals surface area (Å²) in [6.45, 7) is 1.29. The van der Waals surface area contributed by atoms with Crippen LogP contribution >= 0.6 is 85.5 Å². The lowest BCUT2D eigenvalue weighted by Gasteiger charge is -2.17. The van der Waals surface area contributed by atoms with Gasteiger partial charge in [-0.2, -0.15) is 0 Å². The quantitative estimate of drug-likeness (QED) is 0.280. The van der Waals surface area contributed by atoms with E-state index in [9.17, 15) is 4.79 Å². The van der Waals surface area contributed by atoms with E-state index in [0.29, 0.717) is 15.6 Å². The van der Waals surface area contributed by atoms with Crippen LogP contribution in [0.15, 0.2) is 10.5 Å². The Balaban J connectivity index is 2.95. The summed E-state index contributed by atoms with van der Waals surface area (Å²) in [4.78, 5) is 11.7. The molecule has 0 saturated carbocycles. The van der Waals surface area contributed by atoms with Gasteiger partial charge in [-0.3, -0.25) is 0 Å². The Morgan fingerprint density at radius 3 is 2.32 bits per heavy atom. The molecule has 0 saturated heterocycles. The van der Waals surface area contributed by atoms with Crippen molar-refractivity contribution in [2.45, 2.75) is 20.9 Å². The number of carbonyl (C=O) groups excluding carboxylic acids is 1. The number of hydrogen-bond acceptors (Lipinski definition) is 3. The number of rotatable bonds is 3. The van der Waals surface area contributed by atoms with Crippen LogP contribution in [-0.2, 0) is 11.2 Å². The van der Waals surface area contributed by atoms with Gasteiger partial charge in [0.2, 0.25) is 3.79 Å². The first kappa shape index (κ1) is 20.8. The van der Waals surface area contributed by atoms with E-state index in [2.05, 4.69) is 22.0 Å². The Morgan fingerprint density at radius 2 is 1.82 bits per heavy atom. The highest BCUT2D eigenvalue weighted by molar-refractivity contribution is 9.10. The summed E-state index contributed by atoms with van der Waals surface area (Å²) in [5.41, 5.74) is 1.14. The van der Waals surface area contributed by atoms with Crippen LogP contribution in [-0.4, -0.2) is 20.3 Å². The van der Waals surface area contributed by atoms with Gasteiger partial charge >= 0.3 is 6.16 Å². The van der Waals surface area contributed by atoms with E-state index in [0.717, 1.165) is 0 Å².